The molecule has 182 valence electrons. The molecule has 5 heteroatoms. The summed E-state index contributed by atoms with van der Waals surface area (Å²) in [5.74, 6) is 0.0129. The van der Waals surface area contributed by atoms with Crippen molar-refractivity contribution in [3.8, 4) is 0 Å². The Bertz CT molecular complexity index is 1410. The summed E-state index contributed by atoms with van der Waals surface area (Å²) < 4.78 is 14.4. The third-order valence-corrected chi connectivity index (χ3v) is 6.91. The number of nitrogens with zero attached hydrogens (tertiary/aromatic N) is 1. The standard InChI is InChI=1S/C31H29FN2O2/c32-31-27-20-25(16-18-28(27)33-34-31)30(29(23-8-4-9-23)22-6-2-1-3-7-22)24-14-11-21(12-15-24)13-17-26(36)10-5-19-35/h1-3,6-7,11-18,20,23,35H,4-5,8-10,19H2,(H,33,34)/b17-13+,30-29-. The van der Waals surface area contributed by atoms with Gasteiger partial charge in [-0.1, -0.05) is 73.2 Å². The second kappa shape index (κ2) is 10.8. The second-order valence-corrected chi connectivity index (χ2v) is 9.30. The van der Waals surface area contributed by atoms with E-state index in [4.69, 9.17) is 5.11 Å². The highest BCUT2D eigenvalue weighted by molar-refractivity contribution is 6.01. The van der Waals surface area contributed by atoms with Gasteiger partial charge < -0.3 is 5.11 Å². The Balaban J connectivity index is 1.61. The molecule has 0 saturated heterocycles. The van der Waals surface area contributed by atoms with Crippen LogP contribution in [0.4, 0.5) is 4.39 Å². The number of hydrogen-bond acceptors (Lipinski definition) is 3. The number of aliphatic hydroxyl groups excluding tert-OH is 1. The molecule has 1 saturated carbocycles. The van der Waals surface area contributed by atoms with Gasteiger partial charge in [-0.3, -0.25) is 9.89 Å². The average Bonchev–Trinajstić information content (AvgIpc) is 3.26. The molecule has 0 spiro atoms. The molecule has 0 atom stereocenters. The number of allylic oxidation sites excluding steroid dienone is 2. The SMILES string of the molecule is O=C(/C=C/c1ccc(/C(=C(\c2ccccc2)C2CCC2)c2ccc3n[nH]c(F)c3c2)cc1)CCCO. The van der Waals surface area contributed by atoms with Gasteiger partial charge in [-0.2, -0.15) is 9.49 Å². The van der Waals surface area contributed by atoms with Crippen LogP contribution in [0.3, 0.4) is 0 Å². The van der Waals surface area contributed by atoms with Crippen LogP contribution >= 0.6 is 0 Å². The van der Waals surface area contributed by atoms with Crippen LogP contribution in [-0.4, -0.2) is 27.7 Å². The number of fused-ring (bicyclic) bond motifs is 1. The van der Waals surface area contributed by atoms with Crippen LogP contribution in [0.5, 0.6) is 0 Å². The molecule has 1 aliphatic rings. The Morgan fingerprint density at radius 2 is 1.75 bits per heavy atom. The Kier molecular flexibility index (Phi) is 7.19. The van der Waals surface area contributed by atoms with Crippen molar-refractivity contribution in [2.24, 2.45) is 5.92 Å². The van der Waals surface area contributed by atoms with Gasteiger partial charge in [0, 0.05) is 13.0 Å². The van der Waals surface area contributed by atoms with Crippen molar-refractivity contribution >= 4 is 33.9 Å². The summed E-state index contributed by atoms with van der Waals surface area (Å²) in [4.78, 5) is 12.0. The molecule has 1 aromatic heterocycles. The molecule has 4 nitrogen and oxygen atoms in total. The van der Waals surface area contributed by atoms with Crippen molar-refractivity contribution < 1.29 is 14.3 Å². The number of hydrogen-bond donors (Lipinski definition) is 2. The number of aromatic amines is 1. The predicted octanol–water partition coefficient (Wildman–Crippen LogP) is 6.82. The fourth-order valence-electron chi connectivity index (χ4n) is 4.80. The first kappa shape index (κ1) is 23.9. The van der Waals surface area contributed by atoms with Gasteiger partial charge in [0.1, 0.15) is 0 Å². The van der Waals surface area contributed by atoms with E-state index in [1.807, 2.05) is 42.5 Å². The number of aromatic nitrogens is 2. The Morgan fingerprint density at radius 3 is 2.44 bits per heavy atom. The predicted molar refractivity (Wildman–Crippen MR) is 143 cm³/mol. The molecule has 4 aromatic rings. The number of halogens is 1. The smallest absolute Gasteiger partial charge is 0.216 e. The Hall–Kier alpha value is -3.83. The first-order valence-corrected chi connectivity index (χ1v) is 12.5. The lowest BCUT2D eigenvalue weighted by Gasteiger charge is -2.31. The average molecular weight is 481 g/mol. The van der Waals surface area contributed by atoms with Crippen LogP contribution in [0.2, 0.25) is 0 Å². The van der Waals surface area contributed by atoms with Crippen LogP contribution in [0, 0.1) is 11.9 Å². The Morgan fingerprint density at radius 1 is 1.00 bits per heavy atom. The fraction of sp³-hybridized carbons (Fsp3) is 0.226. The molecule has 0 amide bonds. The number of carbonyl (C=O) groups excluding carboxylic acids is 1. The van der Waals surface area contributed by atoms with E-state index in [1.165, 1.54) is 17.6 Å². The molecule has 0 unspecified atom stereocenters. The number of ketones is 1. The summed E-state index contributed by atoms with van der Waals surface area (Å²) in [6.07, 6.45) is 7.66. The summed E-state index contributed by atoms with van der Waals surface area (Å²) in [5.41, 5.74) is 7.10. The summed E-state index contributed by atoms with van der Waals surface area (Å²) in [5, 5.41) is 15.9. The number of aliphatic hydroxyl groups is 1. The van der Waals surface area contributed by atoms with Crippen LogP contribution in [0.1, 0.15) is 54.4 Å². The normalized spacial score (nSPS) is 14.7. The molecule has 36 heavy (non-hydrogen) atoms. The highest BCUT2D eigenvalue weighted by atomic mass is 19.1. The summed E-state index contributed by atoms with van der Waals surface area (Å²) >= 11 is 0. The number of H-pyrrole nitrogens is 1. The van der Waals surface area contributed by atoms with Crippen molar-refractivity contribution in [1.82, 2.24) is 10.2 Å². The maximum atomic E-state index is 14.4. The molecule has 1 aliphatic carbocycles. The van der Waals surface area contributed by atoms with Gasteiger partial charge in [-0.05, 0) is 76.8 Å². The molecule has 1 fully saturated rings. The maximum absolute atomic E-state index is 14.4. The van der Waals surface area contributed by atoms with Crippen molar-refractivity contribution in [3.05, 3.63) is 107 Å². The second-order valence-electron chi connectivity index (χ2n) is 9.30. The van der Waals surface area contributed by atoms with Crippen LogP contribution in [0.25, 0.3) is 28.1 Å². The van der Waals surface area contributed by atoms with Crippen LogP contribution in [0.15, 0.2) is 78.9 Å². The molecular formula is C31H29FN2O2. The van der Waals surface area contributed by atoms with E-state index in [9.17, 15) is 9.18 Å². The third kappa shape index (κ3) is 5.07. The van der Waals surface area contributed by atoms with E-state index in [-0.39, 0.29) is 12.4 Å². The monoisotopic (exact) mass is 480 g/mol. The van der Waals surface area contributed by atoms with Gasteiger partial charge in [0.05, 0.1) is 10.9 Å². The van der Waals surface area contributed by atoms with Gasteiger partial charge in [-0.25, -0.2) is 0 Å². The first-order chi connectivity index (χ1) is 17.6. The minimum atomic E-state index is -0.428. The van der Waals surface area contributed by atoms with E-state index in [2.05, 4.69) is 46.6 Å². The molecule has 3 aromatic carbocycles. The van der Waals surface area contributed by atoms with E-state index in [1.54, 1.807) is 6.08 Å². The number of rotatable bonds is 9. The highest BCUT2D eigenvalue weighted by Gasteiger charge is 2.27. The zero-order chi connectivity index (χ0) is 24.9. The van der Waals surface area contributed by atoms with E-state index in [0.717, 1.165) is 35.1 Å². The lowest BCUT2D eigenvalue weighted by Crippen LogP contribution is -2.15. The minimum Gasteiger partial charge on any atom is -0.396 e. The van der Waals surface area contributed by atoms with Gasteiger partial charge in [0.25, 0.3) is 0 Å². The number of nitrogens with one attached hydrogen (secondary N) is 1. The number of carbonyl (C=O) groups is 1. The van der Waals surface area contributed by atoms with E-state index < -0.39 is 5.95 Å². The summed E-state index contributed by atoms with van der Waals surface area (Å²) in [6.45, 7) is 0.0165. The Labute approximate surface area is 210 Å². The van der Waals surface area contributed by atoms with Gasteiger partial charge >= 0.3 is 0 Å². The van der Waals surface area contributed by atoms with Gasteiger partial charge in [0.2, 0.25) is 5.95 Å². The lowest BCUT2D eigenvalue weighted by atomic mass is 9.73. The van der Waals surface area contributed by atoms with Crippen molar-refractivity contribution in [2.45, 2.75) is 32.1 Å². The largest absolute Gasteiger partial charge is 0.396 e. The fourth-order valence-corrected chi connectivity index (χ4v) is 4.80. The van der Waals surface area contributed by atoms with Crippen LogP contribution < -0.4 is 0 Å². The van der Waals surface area contributed by atoms with Gasteiger partial charge in [0.15, 0.2) is 5.78 Å². The van der Waals surface area contributed by atoms with Crippen molar-refractivity contribution in [2.75, 3.05) is 6.61 Å². The molecule has 5 rings (SSSR count). The topological polar surface area (TPSA) is 66.0 Å². The van der Waals surface area contributed by atoms with Crippen molar-refractivity contribution in [1.29, 1.82) is 0 Å². The third-order valence-electron chi connectivity index (χ3n) is 6.91. The van der Waals surface area contributed by atoms with E-state index >= 15 is 0 Å². The first-order valence-electron chi connectivity index (χ1n) is 12.5. The quantitative estimate of drug-likeness (QED) is 0.204. The lowest BCUT2D eigenvalue weighted by molar-refractivity contribution is -0.114. The molecule has 1 heterocycles. The molecule has 0 bridgehead atoms. The molecule has 2 N–H and O–H groups in total. The molecule has 0 aliphatic heterocycles. The number of benzene rings is 3. The highest BCUT2D eigenvalue weighted by Crippen LogP contribution is 2.45. The maximum Gasteiger partial charge on any atom is 0.216 e. The van der Waals surface area contributed by atoms with Crippen molar-refractivity contribution in [3.63, 3.8) is 0 Å². The zero-order valence-corrected chi connectivity index (χ0v) is 20.1. The summed E-state index contributed by atoms with van der Waals surface area (Å²) in [7, 11) is 0. The minimum absolute atomic E-state index is 0.000463. The molecular weight excluding hydrogens is 451 g/mol. The van der Waals surface area contributed by atoms with E-state index in [0.29, 0.717) is 29.7 Å². The van der Waals surface area contributed by atoms with Crippen LogP contribution in [-0.2, 0) is 4.79 Å². The molecule has 0 radical (unpaired) electrons. The summed E-state index contributed by atoms with van der Waals surface area (Å²) in [6, 6.07) is 24.4. The zero-order valence-electron chi connectivity index (χ0n) is 20.1. The van der Waals surface area contributed by atoms with Gasteiger partial charge in [-0.15, -0.1) is 0 Å².